The number of rotatable bonds is 12. The number of para-hydroxylation sites is 1. The van der Waals surface area contributed by atoms with E-state index in [-0.39, 0.29) is 22.3 Å². The molecule has 2 aromatic heterocycles. The van der Waals surface area contributed by atoms with Crippen molar-refractivity contribution in [3.63, 3.8) is 0 Å². The molecule has 230 valence electrons. The summed E-state index contributed by atoms with van der Waals surface area (Å²) in [5.41, 5.74) is 1.72. The highest BCUT2D eigenvalue weighted by molar-refractivity contribution is 8.00. The van der Waals surface area contributed by atoms with Gasteiger partial charge in [0.1, 0.15) is 11.4 Å². The van der Waals surface area contributed by atoms with Gasteiger partial charge in [-0.15, -0.1) is 10.2 Å². The zero-order valence-electron chi connectivity index (χ0n) is 24.4. The SMILES string of the molecule is CCCCOc1ccc(C2C(C(=O)c3cc4ccccc4o3)=C(O)C(=O)N2c2nnc(SCc3ccc(F)cc3)s2)cc1OC. The molecule has 0 aliphatic carbocycles. The Labute approximate surface area is 266 Å². The fraction of sp³-hybridized carbons (Fsp3) is 0.212. The van der Waals surface area contributed by atoms with Crippen LogP contribution in [0.5, 0.6) is 11.5 Å². The first-order valence-electron chi connectivity index (χ1n) is 14.2. The second-order valence-electron chi connectivity index (χ2n) is 10.2. The Hall–Kier alpha value is -4.68. The van der Waals surface area contributed by atoms with Gasteiger partial charge in [0.2, 0.25) is 10.9 Å². The summed E-state index contributed by atoms with van der Waals surface area (Å²) in [4.78, 5) is 29.0. The first kappa shape index (κ1) is 30.4. The van der Waals surface area contributed by atoms with Gasteiger partial charge >= 0.3 is 0 Å². The van der Waals surface area contributed by atoms with E-state index in [1.807, 2.05) is 12.1 Å². The third kappa shape index (κ3) is 6.16. The van der Waals surface area contributed by atoms with Crippen LogP contribution in [-0.2, 0) is 10.5 Å². The minimum atomic E-state index is -1.07. The number of methoxy groups -OCH3 is 1. The quantitative estimate of drug-likeness (QED) is 0.0631. The van der Waals surface area contributed by atoms with Crippen molar-refractivity contribution in [2.75, 3.05) is 18.6 Å². The second-order valence-corrected chi connectivity index (χ2v) is 12.4. The molecule has 45 heavy (non-hydrogen) atoms. The molecule has 0 radical (unpaired) electrons. The number of thioether (sulfide) groups is 1. The molecule has 9 nitrogen and oxygen atoms in total. The minimum absolute atomic E-state index is 0.0170. The van der Waals surface area contributed by atoms with Gasteiger partial charge in [-0.3, -0.25) is 14.5 Å². The van der Waals surface area contributed by atoms with E-state index in [1.165, 1.54) is 35.9 Å². The average Bonchev–Trinajstić information content (AvgIpc) is 3.77. The standard InChI is InChI=1S/C33H28FN3O6S2/c1-3-4-15-42-24-14-11-21(17-25(24)41-2)28-27(29(38)26-16-20-7-5-6-8-23(20)43-26)30(39)31(40)37(28)32-35-36-33(45-32)44-18-19-9-12-22(34)13-10-19/h5-14,16-17,28,39H,3-4,15,18H2,1-2H3. The van der Waals surface area contributed by atoms with Crippen LogP contribution < -0.4 is 14.4 Å². The van der Waals surface area contributed by atoms with Crippen LogP contribution in [0.25, 0.3) is 11.0 Å². The molecule has 1 N–H and O–H groups in total. The third-order valence-corrected chi connectivity index (χ3v) is 9.37. The summed E-state index contributed by atoms with van der Waals surface area (Å²) in [5.74, 6) is -1.05. The van der Waals surface area contributed by atoms with Crippen molar-refractivity contribution in [1.82, 2.24) is 10.2 Å². The van der Waals surface area contributed by atoms with Crippen molar-refractivity contribution in [1.29, 1.82) is 0 Å². The molecule has 0 bridgehead atoms. The number of aromatic nitrogens is 2. The number of hydrogen-bond donors (Lipinski definition) is 1. The predicted octanol–water partition coefficient (Wildman–Crippen LogP) is 7.69. The van der Waals surface area contributed by atoms with Crippen LogP contribution in [0.4, 0.5) is 9.52 Å². The van der Waals surface area contributed by atoms with Crippen LogP contribution in [0.3, 0.4) is 0 Å². The average molecular weight is 646 g/mol. The Morgan fingerprint density at radius 3 is 2.64 bits per heavy atom. The van der Waals surface area contributed by atoms with E-state index in [2.05, 4.69) is 17.1 Å². The third-order valence-electron chi connectivity index (χ3n) is 7.24. The van der Waals surface area contributed by atoms with Crippen molar-refractivity contribution in [2.24, 2.45) is 0 Å². The van der Waals surface area contributed by atoms with Crippen LogP contribution in [0.15, 0.2) is 92.9 Å². The number of aliphatic hydroxyl groups is 1. The zero-order valence-corrected chi connectivity index (χ0v) is 26.0. The highest BCUT2D eigenvalue weighted by Gasteiger charge is 2.47. The lowest BCUT2D eigenvalue weighted by Gasteiger charge is -2.24. The number of halogens is 1. The van der Waals surface area contributed by atoms with Gasteiger partial charge in [0.25, 0.3) is 5.91 Å². The number of carbonyl (C=O) groups is 2. The smallest absolute Gasteiger partial charge is 0.296 e. The topological polar surface area (TPSA) is 115 Å². The van der Waals surface area contributed by atoms with Gasteiger partial charge in [-0.1, -0.05) is 72.8 Å². The molecule has 0 saturated carbocycles. The van der Waals surface area contributed by atoms with Gasteiger partial charge in [-0.25, -0.2) is 4.39 Å². The Balaban J connectivity index is 1.37. The molecule has 3 heterocycles. The number of fused-ring (bicyclic) bond motifs is 1. The molecule has 5 aromatic rings. The Bertz CT molecular complexity index is 1870. The molecule has 0 spiro atoms. The van der Waals surface area contributed by atoms with Crippen molar-refractivity contribution in [2.45, 2.75) is 35.9 Å². The fourth-order valence-electron chi connectivity index (χ4n) is 4.96. The number of nitrogens with zero attached hydrogens (tertiary/aromatic N) is 3. The molecule has 3 aromatic carbocycles. The molecular weight excluding hydrogens is 618 g/mol. The molecule has 1 unspecified atom stereocenters. The van der Waals surface area contributed by atoms with E-state index in [9.17, 15) is 19.1 Å². The number of ether oxygens (including phenoxy) is 2. The minimum Gasteiger partial charge on any atom is -0.503 e. The molecule has 12 heteroatoms. The summed E-state index contributed by atoms with van der Waals surface area (Å²) < 4.78 is 31.2. The highest BCUT2D eigenvalue weighted by Crippen LogP contribution is 2.46. The van der Waals surface area contributed by atoms with Gasteiger partial charge in [0, 0.05) is 11.1 Å². The summed E-state index contributed by atoms with van der Waals surface area (Å²) >= 11 is 2.51. The largest absolute Gasteiger partial charge is 0.503 e. The lowest BCUT2D eigenvalue weighted by atomic mass is 9.95. The molecule has 1 aliphatic rings. The van der Waals surface area contributed by atoms with E-state index < -0.39 is 23.5 Å². The molecule has 0 fully saturated rings. The maximum absolute atomic E-state index is 14.0. The van der Waals surface area contributed by atoms with Gasteiger partial charge in [0.05, 0.1) is 25.3 Å². The zero-order chi connectivity index (χ0) is 31.5. The van der Waals surface area contributed by atoms with Crippen molar-refractivity contribution < 1.29 is 33.0 Å². The Morgan fingerprint density at radius 1 is 1.09 bits per heavy atom. The molecule has 6 rings (SSSR count). The molecular formula is C33H28FN3O6S2. The van der Waals surface area contributed by atoms with Gasteiger partial charge in [-0.05, 0) is 53.9 Å². The van der Waals surface area contributed by atoms with E-state index in [0.29, 0.717) is 44.7 Å². The monoisotopic (exact) mass is 645 g/mol. The first-order chi connectivity index (χ1) is 21.9. The van der Waals surface area contributed by atoms with Gasteiger partial charge in [-0.2, -0.15) is 0 Å². The van der Waals surface area contributed by atoms with Crippen molar-refractivity contribution in [3.05, 3.63) is 107 Å². The number of anilines is 1. The highest BCUT2D eigenvalue weighted by atomic mass is 32.2. The first-order valence-corrected chi connectivity index (χ1v) is 16.0. The Morgan fingerprint density at radius 2 is 1.89 bits per heavy atom. The number of hydrogen-bond acceptors (Lipinski definition) is 10. The number of aliphatic hydroxyl groups excluding tert-OH is 1. The van der Waals surface area contributed by atoms with E-state index in [0.717, 1.165) is 29.7 Å². The second kappa shape index (κ2) is 13.1. The summed E-state index contributed by atoms with van der Waals surface area (Å²) in [6, 6.07) is 18.9. The normalized spacial score (nSPS) is 14.9. The van der Waals surface area contributed by atoms with Crippen LogP contribution in [0.2, 0.25) is 0 Å². The van der Waals surface area contributed by atoms with E-state index in [4.69, 9.17) is 13.9 Å². The number of unbranched alkanes of at least 4 members (excludes halogenated alkanes) is 1. The van der Waals surface area contributed by atoms with Crippen LogP contribution in [0, 0.1) is 5.82 Å². The summed E-state index contributed by atoms with van der Waals surface area (Å²) in [5, 5.41) is 20.6. The molecule has 0 saturated heterocycles. The fourth-order valence-corrected chi connectivity index (χ4v) is 6.78. The number of benzene rings is 3. The molecule has 1 amide bonds. The molecule has 1 aliphatic heterocycles. The van der Waals surface area contributed by atoms with Gasteiger partial charge in [0.15, 0.2) is 27.4 Å². The van der Waals surface area contributed by atoms with E-state index >= 15 is 0 Å². The summed E-state index contributed by atoms with van der Waals surface area (Å²) in [7, 11) is 1.51. The summed E-state index contributed by atoms with van der Waals surface area (Å²) in [6.07, 6.45) is 1.82. The maximum atomic E-state index is 14.0. The van der Waals surface area contributed by atoms with E-state index in [1.54, 1.807) is 48.5 Å². The van der Waals surface area contributed by atoms with Crippen LogP contribution in [-0.4, -0.2) is 40.7 Å². The molecule has 1 atom stereocenters. The van der Waals surface area contributed by atoms with Crippen LogP contribution in [0.1, 0.15) is 47.5 Å². The summed E-state index contributed by atoms with van der Waals surface area (Å²) in [6.45, 7) is 2.56. The lowest BCUT2D eigenvalue weighted by Crippen LogP contribution is -2.31. The Kier molecular flexibility index (Phi) is 8.85. The van der Waals surface area contributed by atoms with Crippen molar-refractivity contribution >= 4 is 50.9 Å². The van der Waals surface area contributed by atoms with Crippen molar-refractivity contribution in [3.8, 4) is 11.5 Å². The predicted molar refractivity (Wildman–Crippen MR) is 170 cm³/mol. The number of carbonyl (C=O) groups excluding carboxylic acids is 2. The number of Topliss-reactive ketones (excluding diaryl/α,β-unsaturated/α-hetero) is 1. The number of amides is 1. The number of ketones is 1. The maximum Gasteiger partial charge on any atom is 0.296 e. The number of furan rings is 1. The van der Waals surface area contributed by atoms with Gasteiger partial charge < -0.3 is 19.0 Å². The lowest BCUT2D eigenvalue weighted by molar-refractivity contribution is -0.117. The van der Waals surface area contributed by atoms with Crippen LogP contribution >= 0.6 is 23.1 Å².